The molecule has 3 N–H and O–H groups in total. The molecule has 1 heterocycles. The summed E-state index contributed by atoms with van der Waals surface area (Å²) < 4.78 is 5.66. The van der Waals surface area contributed by atoms with Gasteiger partial charge in [0.2, 0.25) is 0 Å². The van der Waals surface area contributed by atoms with E-state index in [1.165, 1.54) is 5.56 Å². The topological polar surface area (TPSA) is 71.1 Å². The van der Waals surface area contributed by atoms with E-state index in [1.54, 1.807) is 0 Å². The van der Waals surface area contributed by atoms with E-state index < -0.39 is 0 Å². The van der Waals surface area contributed by atoms with E-state index in [1.807, 2.05) is 25.1 Å². The van der Waals surface area contributed by atoms with Crippen molar-refractivity contribution in [3.8, 4) is 0 Å². The molecule has 0 amide bonds. The fourth-order valence-electron chi connectivity index (χ4n) is 2.61. The SMILES string of the molecule is CCOC1CCN(Cc2cccc(C(N)=NO)c2)CC1. The molecule has 1 aliphatic heterocycles. The Kier molecular flexibility index (Phi) is 5.38. The molecule has 0 spiro atoms. The molecule has 5 heteroatoms. The maximum Gasteiger partial charge on any atom is 0.170 e. The zero-order valence-corrected chi connectivity index (χ0v) is 12.0. The lowest BCUT2D eigenvalue weighted by atomic mass is 10.1. The van der Waals surface area contributed by atoms with E-state index in [9.17, 15) is 0 Å². The molecular weight excluding hydrogens is 254 g/mol. The summed E-state index contributed by atoms with van der Waals surface area (Å²) in [5.41, 5.74) is 7.56. The van der Waals surface area contributed by atoms with Crippen LogP contribution in [0.2, 0.25) is 0 Å². The van der Waals surface area contributed by atoms with Crippen molar-refractivity contribution in [3.05, 3.63) is 35.4 Å². The van der Waals surface area contributed by atoms with Gasteiger partial charge in [0.15, 0.2) is 5.84 Å². The minimum atomic E-state index is 0.155. The van der Waals surface area contributed by atoms with Crippen molar-refractivity contribution in [2.75, 3.05) is 19.7 Å². The van der Waals surface area contributed by atoms with Crippen LogP contribution in [0.4, 0.5) is 0 Å². The van der Waals surface area contributed by atoms with Gasteiger partial charge >= 0.3 is 0 Å². The van der Waals surface area contributed by atoms with E-state index in [-0.39, 0.29) is 5.84 Å². The van der Waals surface area contributed by atoms with E-state index in [2.05, 4.69) is 16.1 Å². The van der Waals surface area contributed by atoms with Crippen molar-refractivity contribution in [1.82, 2.24) is 4.90 Å². The van der Waals surface area contributed by atoms with Crippen LogP contribution in [0.5, 0.6) is 0 Å². The zero-order chi connectivity index (χ0) is 14.4. The van der Waals surface area contributed by atoms with Crippen LogP contribution in [0, 0.1) is 0 Å². The number of amidine groups is 1. The quantitative estimate of drug-likeness (QED) is 0.372. The molecule has 0 aromatic heterocycles. The Morgan fingerprint density at radius 3 is 2.85 bits per heavy atom. The summed E-state index contributed by atoms with van der Waals surface area (Å²) in [5, 5.41) is 11.8. The van der Waals surface area contributed by atoms with Gasteiger partial charge in [-0.1, -0.05) is 23.4 Å². The third-order valence-corrected chi connectivity index (χ3v) is 3.67. The van der Waals surface area contributed by atoms with Gasteiger partial charge in [-0.05, 0) is 31.4 Å². The summed E-state index contributed by atoms with van der Waals surface area (Å²) in [6.07, 6.45) is 2.60. The van der Waals surface area contributed by atoms with E-state index >= 15 is 0 Å². The zero-order valence-electron chi connectivity index (χ0n) is 12.0. The normalized spacial score (nSPS) is 18.4. The largest absolute Gasteiger partial charge is 0.409 e. The summed E-state index contributed by atoms with van der Waals surface area (Å²) in [7, 11) is 0. The Labute approximate surface area is 120 Å². The van der Waals surface area contributed by atoms with Crippen molar-refractivity contribution in [2.24, 2.45) is 10.9 Å². The Hall–Kier alpha value is -1.59. The van der Waals surface area contributed by atoms with Crippen molar-refractivity contribution in [2.45, 2.75) is 32.4 Å². The van der Waals surface area contributed by atoms with Crippen molar-refractivity contribution in [3.63, 3.8) is 0 Å². The van der Waals surface area contributed by atoms with E-state index in [0.717, 1.165) is 44.6 Å². The molecule has 1 aromatic rings. The van der Waals surface area contributed by atoms with Crippen LogP contribution in [0.25, 0.3) is 0 Å². The molecule has 0 unspecified atom stereocenters. The van der Waals surface area contributed by atoms with Crippen LogP contribution < -0.4 is 5.73 Å². The highest BCUT2D eigenvalue weighted by molar-refractivity contribution is 5.97. The van der Waals surface area contributed by atoms with Crippen molar-refractivity contribution in [1.29, 1.82) is 0 Å². The van der Waals surface area contributed by atoms with Crippen LogP contribution in [0.1, 0.15) is 30.9 Å². The van der Waals surface area contributed by atoms with Crippen LogP contribution in [-0.2, 0) is 11.3 Å². The summed E-state index contributed by atoms with van der Waals surface area (Å²) in [6.45, 7) is 5.85. The fraction of sp³-hybridized carbons (Fsp3) is 0.533. The highest BCUT2D eigenvalue weighted by Crippen LogP contribution is 2.16. The van der Waals surface area contributed by atoms with Gasteiger partial charge in [0, 0.05) is 31.8 Å². The second-order valence-electron chi connectivity index (χ2n) is 5.12. The Balaban J connectivity index is 1.91. The van der Waals surface area contributed by atoms with Crippen LogP contribution in [-0.4, -0.2) is 41.7 Å². The number of benzene rings is 1. The molecule has 1 saturated heterocycles. The summed E-state index contributed by atoms with van der Waals surface area (Å²) >= 11 is 0. The number of rotatable bonds is 5. The summed E-state index contributed by atoms with van der Waals surface area (Å²) in [4.78, 5) is 2.42. The first-order chi connectivity index (χ1) is 9.72. The number of piperidine rings is 1. The molecule has 0 radical (unpaired) electrons. The molecule has 1 fully saturated rings. The van der Waals surface area contributed by atoms with Gasteiger partial charge in [0.05, 0.1) is 6.10 Å². The molecule has 0 saturated carbocycles. The van der Waals surface area contributed by atoms with E-state index in [0.29, 0.717) is 6.10 Å². The van der Waals surface area contributed by atoms with Gasteiger partial charge in [-0.15, -0.1) is 0 Å². The predicted molar refractivity (Wildman–Crippen MR) is 78.9 cm³/mol. The minimum absolute atomic E-state index is 0.155. The van der Waals surface area contributed by atoms with Crippen molar-refractivity contribution >= 4 is 5.84 Å². The molecule has 1 aliphatic rings. The van der Waals surface area contributed by atoms with E-state index in [4.69, 9.17) is 15.7 Å². The monoisotopic (exact) mass is 277 g/mol. The van der Waals surface area contributed by atoms with Crippen LogP contribution >= 0.6 is 0 Å². The third kappa shape index (κ3) is 3.95. The van der Waals surface area contributed by atoms with Gasteiger partial charge in [-0.2, -0.15) is 0 Å². The van der Waals surface area contributed by atoms with Gasteiger partial charge in [-0.25, -0.2) is 0 Å². The number of hydrogen-bond acceptors (Lipinski definition) is 4. The highest BCUT2D eigenvalue weighted by Gasteiger charge is 2.19. The lowest BCUT2D eigenvalue weighted by Crippen LogP contribution is -2.36. The number of nitrogens with two attached hydrogens (primary N) is 1. The van der Waals surface area contributed by atoms with Crippen LogP contribution in [0.15, 0.2) is 29.4 Å². The average molecular weight is 277 g/mol. The number of oxime groups is 1. The Bertz CT molecular complexity index is 454. The summed E-state index contributed by atoms with van der Waals surface area (Å²) in [6, 6.07) is 7.84. The van der Waals surface area contributed by atoms with Crippen LogP contribution in [0.3, 0.4) is 0 Å². The predicted octanol–water partition coefficient (Wildman–Crippen LogP) is 1.78. The number of hydrogen-bond donors (Lipinski definition) is 2. The molecular formula is C15H23N3O2. The molecule has 0 bridgehead atoms. The number of nitrogens with zero attached hydrogens (tertiary/aromatic N) is 2. The molecule has 1 aromatic carbocycles. The third-order valence-electron chi connectivity index (χ3n) is 3.67. The highest BCUT2D eigenvalue weighted by atomic mass is 16.5. The first kappa shape index (κ1) is 14.8. The maximum absolute atomic E-state index is 8.72. The number of ether oxygens (including phenoxy) is 1. The Morgan fingerprint density at radius 1 is 1.45 bits per heavy atom. The van der Waals surface area contributed by atoms with Gasteiger partial charge in [-0.3, -0.25) is 4.90 Å². The Morgan fingerprint density at radius 2 is 2.20 bits per heavy atom. The molecule has 2 rings (SSSR count). The minimum Gasteiger partial charge on any atom is -0.409 e. The average Bonchev–Trinajstić information content (AvgIpc) is 2.49. The first-order valence-electron chi connectivity index (χ1n) is 7.13. The summed E-state index contributed by atoms with van der Waals surface area (Å²) in [5.74, 6) is 0.155. The smallest absolute Gasteiger partial charge is 0.170 e. The fourth-order valence-corrected chi connectivity index (χ4v) is 2.61. The van der Waals surface area contributed by atoms with Crippen molar-refractivity contribution < 1.29 is 9.94 Å². The molecule has 0 atom stereocenters. The molecule has 20 heavy (non-hydrogen) atoms. The molecule has 0 aliphatic carbocycles. The van der Waals surface area contributed by atoms with Gasteiger partial charge in [0.25, 0.3) is 0 Å². The second-order valence-corrected chi connectivity index (χ2v) is 5.12. The molecule has 5 nitrogen and oxygen atoms in total. The van der Waals surface area contributed by atoms with Gasteiger partial charge < -0.3 is 15.7 Å². The molecule has 110 valence electrons. The lowest BCUT2D eigenvalue weighted by Gasteiger charge is -2.31. The standard InChI is InChI=1S/C15H23N3O2/c1-2-20-14-6-8-18(9-7-14)11-12-4-3-5-13(10-12)15(16)17-19/h3-5,10,14,19H,2,6-9,11H2,1H3,(H2,16,17). The second kappa shape index (κ2) is 7.26. The first-order valence-corrected chi connectivity index (χ1v) is 7.13. The van der Waals surface area contributed by atoms with Gasteiger partial charge in [0.1, 0.15) is 0 Å². The number of likely N-dealkylation sites (tertiary alicyclic amines) is 1. The lowest BCUT2D eigenvalue weighted by molar-refractivity contribution is 0.0125. The maximum atomic E-state index is 8.72.